The van der Waals surface area contributed by atoms with Crippen LogP contribution in [0.1, 0.15) is 15.9 Å². The standard InChI is InChI=1S/C24H27N5O5S.C2HF3O2/c1-16-6-7-26-22-4-2-18(12-20(16)22)29(31)24(30)21-13-19(35(32,33)28-14-17(25)15-28)3-5-23(21)27-8-10-34-11-9-27;3-2(4,5)1(6)7/h2-7,12-13,17,31H,8-11,14-15,25H2,1H3;(H,6,7). The van der Waals surface area contributed by atoms with Crippen molar-refractivity contribution >= 4 is 44.2 Å². The molecule has 2 aliphatic heterocycles. The number of aromatic nitrogens is 1. The number of nitrogens with zero attached hydrogens (tertiary/aromatic N) is 4. The summed E-state index contributed by atoms with van der Waals surface area (Å²) in [6, 6.07) is 11.1. The van der Waals surface area contributed by atoms with Gasteiger partial charge in [0, 0.05) is 49.5 Å². The second kappa shape index (κ2) is 12.2. The Morgan fingerprint density at radius 2 is 1.74 bits per heavy atom. The fourth-order valence-electron chi connectivity index (χ4n) is 4.38. The van der Waals surface area contributed by atoms with Crippen LogP contribution in [0.25, 0.3) is 10.9 Å². The SMILES string of the molecule is Cc1ccnc2ccc(N(O)C(=O)c3cc(S(=O)(=O)N4CC(N)C4)ccc3N3CCOCC3)cc12.O=C(O)C(F)(F)F. The number of morpholine rings is 1. The summed E-state index contributed by atoms with van der Waals surface area (Å²) in [6.45, 7) is 4.43. The van der Waals surface area contributed by atoms with E-state index in [1.165, 1.54) is 16.4 Å². The first-order chi connectivity index (χ1) is 19.7. The first kappa shape index (κ1) is 31.1. The van der Waals surface area contributed by atoms with Crippen LogP contribution in [0.3, 0.4) is 0 Å². The van der Waals surface area contributed by atoms with Gasteiger partial charge in [-0.05, 0) is 55.0 Å². The Morgan fingerprint density at radius 3 is 2.33 bits per heavy atom. The molecule has 1 amide bonds. The third-order valence-corrected chi connectivity index (χ3v) is 8.51. The molecule has 3 heterocycles. The molecule has 12 nitrogen and oxygen atoms in total. The zero-order valence-electron chi connectivity index (χ0n) is 22.3. The highest BCUT2D eigenvalue weighted by Gasteiger charge is 2.38. The molecule has 2 aromatic carbocycles. The largest absolute Gasteiger partial charge is 0.490 e. The van der Waals surface area contributed by atoms with Crippen molar-refractivity contribution < 1.29 is 46.2 Å². The minimum Gasteiger partial charge on any atom is -0.475 e. The van der Waals surface area contributed by atoms with Crippen molar-refractivity contribution in [3.8, 4) is 0 Å². The number of anilines is 2. The van der Waals surface area contributed by atoms with Crippen LogP contribution in [0.4, 0.5) is 24.5 Å². The van der Waals surface area contributed by atoms with E-state index in [0.717, 1.165) is 16.5 Å². The lowest BCUT2D eigenvalue weighted by molar-refractivity contribution is -0.192. The van der Waals surface area contributed by atoms with Crippen molar-refractivity contribution in [2.45, 2.75) is 24.0 Å². The molecule has 3 aromatic rings. The van der Waals surface area contributed by atoms with Crippen molar-refractivity contribution in [1.82, 2.24) is 9.29 Å². The van der Waals surface area contributed by atoms with Gasteiger partial charge in [0.1, 0.15) is 0 Å². The van der Waals surface area contributed by atoms with E-state index in [9.17, 15) is 31.6 Å². The first-order valence-electron chi connectivity index (χ1n) is 12.6. The third-order valence-electron chi connectivity index (χ3n) is 6.69. The van der Waals surface area contributed by atoms with Gasteiger partial charge in [0.15, 0.2) is 0 Å². The highest BCUT2D eigenvalue weighted by atomic mass is 32.2. The number of hydrogen-bond donors (Lipinski definition) is 3. The van der Waals surface area contributed by atoms with Crippen molar-refractivity contribution in [1.29, 1.82) is 0 Å². The number of fused-ring (bicyclic) bond motifs is 1. The van der Waals surface area contributed by atoms with Crippen LogP contribution in [0.5, 0.6) is 0 Å². The number of carboxylic acid groups (broad SMARTS) is 1. The molecule has 0 saturated carbocycles. The molecule has 0 aliphatic carbocycles. The molecule has 0 spiro atoms. The molecular formula is C26H28F3N5O7S. The summed E-state index contributed by atoms with van der Waals surface area (Å²) < 4.78 is 64.6. The Morgan fingerprint density at radius 1 is 1.10 bits per heavy atom. The van der Waals surface area contributed by atoms with Crippen LogP contribution >= 0.6 is 0 Å². The van der Waals surface area contributed by atoms with E-state index in [1.807, 2.05) is 17.9 Å². The fourth-order valence-corrected chi connectivity index (χ4v) is 5.96. The van der Waals surface area contributed by atoms with Crippen LogP contribution in [0, 0.1) is 6.92 Å². The van der Waals surface area contributed by atoms with E-state index >= 15 is 0 Å². The number of aliphatic carboxylic acids is 1. The zero-order chi connectivity index (χ0) is 30.8. The molecule has 0 atom stereocenters. The van der Waals surface area contributed by atoms with Gasteiger partial charge in [-0.2, -0.15) is 22.5 Å². The normalized spacial score (nSPS) is 16.4. The predicted molar refractivity (Wildman–Crippen MR) is 145 cm³/mol. The van der Waals surface area contributed by atoms with Crippen molar-refractivity contribution in [2.75, 3.05) is 49.4 Å². The van der Waals surface area contributed by atoms with Crippen molar-refractivity contribution in [2.24, 2.45) is 5.73 Å². The zero-order valence-corrected chi connectivity index (χ0v) is 23.1. The molecule has 2 aliphatic rings. The summed E-state index contributed by atoms with van der Waals surface area (Å²) in [5.74, 6) is -3.49. The van der Waals surface area contributed by atoms with Crippen LogP contribution in [0.2, 0.25) is 0 Å². The summed E-state index contributed by atoms with van der Waals surface area (Å²) in [7, 11) is -3.81. The maximum absolute atomic E-state index is 13.6. The topological polar surface area (TPSA) is 167 Å². The Balaban J connectivity index is 0.000000517. The highest BCUT2D eigenvalue weighted by Crippen LogP contribution is 2.31. The maximum Gasteiger partial charge on any atom is 0.490 e. The molecular weight excluding hydrogens is 583 g/mol. The van der Waals surface area contributed by atoms with Gasteiger partial charge in [0.05, 0.1) is 34.9 Å². The fraction of sp³-hybridized carbons (Fsp3) is 0.346. The number of halogens is 3. The lowest BCUT2D eigenvalue weighted by Crippen LogP contribution is -2.57. The molecule has 1 aromatic heterocycles. The van der Waals surface area contributed by atoms with Gasteiger partial charge in [0.2, 0.25) is 10.0 Å². The second-order valence-electron chi connectivity index (χ2n) is 9.61. The minimum atomic E-state index is -5.08. The number of hydrogen-bond acceptors (Lipinski definition) is 9. The summed E-state index contributed by atoms with van der Waals surface area (Å²) in [4.78, 5) is 28.7. The average molecular weight is 612 g/mol. The molecule has 5 rings (SSSR count). The molecule has 16 heteroatoms. The van der Waals surface area contributed by atoms with Crippen molar-refractivity contribution in [3.63, 3.8) is 0 Å². The number of amides is 1. The van der Waals surface area contributed by atoms with Gasteiger partial charge < -0.3 is 20.5 Å². The monoisotopic (exact) mass is 611 g/mol. The average Bonchev–Trinajstić information content (AvgIpc) is 2.94. The number of nitrogens with two attached hydrogens (primary N) is 1. The number of carbonyl (C=O) groups excluding carboxylic acids is 1. The van der Waals surface area contributed by atoms with Gasteiger partial charge in [-0.3, -0.25) is 15.0 Å². The van der Waals surface area contributed by atoms with Gasteiger partial charge in [-0.15, -0.1) is 0 Å². The Labute approximate surface area is 238 Å². The third kappa shape index (κ3) is 6.63. The number of ether oxygens (including phenoxy) is 1. The molecule has 0 radical (unpaired) electrons. The Hall–Kier alpha value is -3.83. The smallest absolute Gasteiger partial charge is 0.475 e. The van der Waals surface area contributed by atoms with Gasteiger partial charge in [-0.1, -0.05) is 0 Å². The molecule has 0 bridgehead atoms. The second-order valence-corrected chi connectivity index (χ2v) is 11.5. The van der Waals surface area contributed by atoms with Crippen LogP contribution in [0.15, 0.2) is 53.6 Å². The number of alkyl halides is 3. The van der Waals surface area contributed by atoms with E-state index in [4.69, 9.17) is 20.4 Å². The van der Waals surface area contributed by atoms with Crippen LogP contribution in [-0.4, -0.2) is 91.5 Å². The van der Waals surface area contributed by atoms with Crippen LogP contribution in [-0.2, 0) is 19.6 Å². The number of hydroxylamine groups is 1. The lowest BCUT2D eigenvalue weighted by Gasteiger charge is -2.36. The van der Waals surface area contributed by atoms with E-state index in [1.54, 1.807) is 30.5 Å². The Bertz CT molecular complexity index is 1590. The lowest BCUT2D eigenvalue weighted by atomic mass is 10.1. The number of rotatable bonds is 5. The number of sulfonamides is 1. The van der Waals surface area contributed by atoms with Crippen LogP contribution < -0.4 is 15.7 Å². The van der Waals surface area contributed by atoms with E-state index in [0.29, 0.717) is 37.1 Å². The molecule has 226 valence electrons. The molecule has 0 unspecified atom stereocenters. The quantitative estimate of drug-likeness (QED) is 0.288. The molecule has 42 heavy (non-hydrogen) atoms. The van der Waals surface area contributed by atoms with Gasteiger partial charge >= 0.3 is 12.1 Å². The number of carbonyl (C=O) groups is 2. The summed E-state index contributed by atoms with van der Waals surface area (Å²) in [6.07, 6.45) is -3.38. The van der Waals surface area contributed by atoms with E-state index in [2.05, 4.69) is 4.98 Å². The van der Waals surface area contributed by atoms with E-state index in [-0.39, 0.29) is 35.3 Å². The number of carboxylic acids is 1. The minimum absolute atomic E-state index is 0.0169. The number of benzene rings is 2. The molecule has 2 saturated heterocycles. The predicted octanol–water partition coefficient (Wildman–Crippen LogP) is 2.38. The van der Waals surface area contributed by atoms with E-state index < -0.39 is 28.1 Å². The number of pyridine rings is 1. The summed E-state index contributed by atoms with van der Waals surface area (Å²) in [5.41, 5.74) is 8.35. The number of aryl methyl sites for hydroxylation is 1. The summed E-state index contributed by atoms with van der Waals surface area (Å²) in [5, 5.41) is 19.4. The highest BCUT2D eigenvalue weighted by molar-refractivity contribution is 7.89. The maximum atomic E-state index is 13.6. The summed E-state index contributed by atoms with van der Waals surface area (Å²) >= 11 is 0. The Kier molecular flexibility index (Phi) is 9.03. The van der Waals surface area contributed by atoms with Crippen molar-refractivity contribution in [3.05, 3.63) is 59.8 Å². The molecule has 2 fully saturated rings. The van der Waals surface area contributed by atoms with Gasteiger partial charge in [-0.25, -0.2) is 13.2 Å². The van der Waals surface area contributed by atoms with Gasteiger partial charge in [0.25, 0.3) is 5.91 Å². The first-order valence-corrected chi connectivity index (χ1v) is 14.1. The molecule has 4 N–H and O–H groups in total.